The minimum absolute atomic E-state index is 0.594. The second-order valence-corrected chi connectivity index (χ2v) is 12.7. The third kappa shape index (κ3) is 4.86. The maximum atomic E-state index is 6.37. The largest absolute Gasteiger partial charge is 0.456 e. The van der Waals surface area contributed by atoms with Crippen molar-refractivity contribution in [2.45, 2.75) is 0 Å². The molecular formula is C46H30N4O. The minimum Gasteiger partial charge on any atom is -0.456 e. The number of hydrogen-bond donors (Lipinski definition) is 0. The summed E-state index contributed by atoms with van der Waals surface area (Å²) in [6, 6.07) is 59.1. The lowest BCUT2D eigenvalue weighted by atomic mass is 10.0. The van der Waals surface area contributed by atoms with Gasteiger partial charge in [-0.2, -0.15) is 0 Å². The molecule has 51 heavy (non-hydrogen) atoms. The van der Waals surface area contributed by atoms with E-state index < -0.39 is 0 Å². The number of fused-ring (bicyclic) bond motifs is 7. The summed E-state index contributed by atoms with van der Waals surface area (Å²) in [5.41, 5.74) is 11.4. The standard InChI is InChI=1S/C46H30N4O/c1-4-12-31(13-5-1)33-20-22-36(23-21-33)49(46-47-29-34(30-48-46)32-14-6-2-7-15-32)37-24-26-41-40(28-37)38-25-27-43-44(39-18-10-11-19-42(39)51-43)45(38)50(41)35-16-8-3-9-17-35/h1-30H. The number of benzene rings is 7. The van der Waals surface area contributed by atoms with Gasteiger partial charge in [-0.1, -0.05) is 109 Å². The second kappa shape index (κ2) is 11.9. The topological polar surface area (TPSA) is 47.1 Å². The Morgan fingerprint density at radius 3 is 1.78 bits per heavy atom. The SMILES string of the molecule is c1ccc(-c2ccc(N(c3ccc4c(c3)c3ccc5oc6ccccc6c5c3n4-c3ccccc3)c3ncc(-c4ccccc4)cn3)cc2)cc1. The highest BCUT2D eigenvalue weighted by Gasteiger charge is 2.22. The number of anilines is 3. The smallest absolute Gasteiger partial charge is 0.234 e. The molecule has 7 aromatic carbocycles. The summed E-state index contributed by atoms with van der Waals surface area (Å²) in [6.45, 7) is 0. The number of hydrogen-bond acceptors (Lipinski definition) is 4. The lowest BCUT2D eigenvalue weighted by molar-refractivity contribution is 0.669. The Balaban J connectivity index is 1.20. The van der Waals surface area contributed by atoms with Gasteiger partial charge in [0.15, 0.2) is 0 Å². The monoisotopic (exact) mass is 654 g/mol. The summed E-state index contributed by atoms with van der Waals surface area (Å²) in [5.74, 6) is 0.594. The zero-order valence-corrected chi connectivity index (χ0v) is 27.5. The van der Waals surface area contributed by atoms with Crippen LogP contribution >= 0.6 is 0 Å². The van der Waals surface area contributed by atoms with Crippen molar-refractivity contribution in [2.75, 3.05) is 4.90 Å². The molecule has 0 fully saturated rings. The summed E-state index contributed by atoms with van der Waals surface area (Å²) < 4.78 is 8.73. The molecule has 240 valence electrons. The first-order valence-electron chi connectivity index (χ1n) is 17.1. The van der Waals surface area contributed by atoms with Crippen LogP contribution in [0.2, 0.25) is 0 Å². The Bertz CT molecular complexity index is 2740. The predicted molar refractivity (Wildman–Crippen MR) is 209 cm³/mol. The molecule has 0 aliphatic rings. The van der Waals surface area contributed by atoms with Gasteiger partial charge in [-0.05, 0) is 77.4 Å². The van der Waals surface area contributed by atoms with E-state index >= 15 is 0 Å². The van der Waals surface area contributed by atoms with Crippen LogP contribution in [0.4, 0.5) is 17.3 Å². The lowest BCUT2D eigenvalue weighted by Crippen LogP contribution is -2.13. The van der Waals surface area contributed by atoms with Crippen molar-refractivity contribution in [3.05, 3.63) is 182 Å². The Labute approximate surface area is 294 Å². The van der Waals surface area contributed by atoms with Crippen LogP contribution < -0.4 is 4.90 Å². The van der Waals surface area contributed by atoms with E-state index in [-0.39, 0.29) is 0 Å². The molecule has 0 aliphatic carbocycles. The third-order valence-corrected chi connectivity index (χ3v) is 9.70. The van der Waals surface area contributed by atoms with Crippen LogP contribution in [0.3, 0.4) is 0 Å². The minimum atomic E-state index is 0.594. The fourth-order valence-electron chi connectivity index (χ4n) is 7.32. The molecule has 0 aliphatic heterocycles. The van der Waals surface area contributed by atoms with Gasteiger partial charge >= 0.3 is 0 Å². The zero-order chi connectivity index (χ0) is 33.7. The van der Waals surface area contributed by atoms with Crippen molar-refractivity contribution >= 4 is 61.1 Å². The number of nitrogens with zero attached hydrogens (tertiary/aromatic N) is 4. The molecule has 0 amide bonds. The van der Waals surface area contributed by atoms with E-state index in [4.69, 9.17) is 14.4 Å². The van der Waals surface area contributed by atoms with E-state index in [0.29, 0.717) is 5.95 Å². The fourth-order valence-corrected chi connectivity index (χ4v) is 7.32. The van der Waals surface area contributed by atoms with E-state index in [2.05, 4.69) is 143 Å². The lowest BCUT2D eigenvalue weighted by Gasteiger charge is -2.24. The van der Waals surface area contributed by atoms with Gasteiger partial charge in [-0.15, -0.1) is 0 Å². The van der Waals surface area contributed by atoms with Crippen LogP contribution in [0.1, 0.15) is 0 Å². The van der Waals surface area contributed by atoms with Gasteiger partial charge in [0.1, 0.15) is 11.2 Å². The number of furan rings is 1. The summed E-state index contributed by atoms with van der Waals surface area (Å²) in [4.78, 5) is 12.0. The van der Waals surface area contributed by atoms with Crippen LogP contribution in [0.15, 0.2) is 187 Å². The van der Waals surface area contributed by atoms with Gasteiger partial charge in [0.25, 0.3) is 0 Å². The number of aromatic nitrogens is 3. The first kappa shape index (κ1) is 29.0. The normalized spacial score (nSPS) is 11.5. The maximum absolute atomic E-state index is 6.37. The predicted octanol–water partition coefficient (Wildman–Crippen LogP) is 12.3. The number of para-hydroxylation sites is 2. The van der Waals surface area contributed by atoms with Crippen molar-refractivity contribution in [3.8, 4) is 27.9 Å². The van der Waals surface area contributed by atoms with Crippen molar-refractivity contribution in [1.82, 2.24) is 14.5 Å². The van der Waals surface area contributed by atoms with E-state index in [1.807, 2.05) is 48.8 Å². The molecular weight excluding hydrogens is 625 g/mol. The quantitative estimate of drug-likeness (QED) is 0.179. The Morgan fingerprint density at radius 1 is 0.451 bits per heavy atom. The summed E-state index contributed by atoms with van der Waals surface area (Å²) >= 11 is 0. The molecule has 10 aromatic rings. The second-order valence-electron chi connectivity index (χ2n) is 12.7. The molecule has 0 spiro atoms. The van der Waals surface area contributed by atoms with Crippen molar-refractivity contribution in [1.29, 1.82) is 0 Å². The first-order chi connectivity index (χ1) is 25.3. The van der Waals surface area contributed by atoms with E-state index in [0.717, 1.165) is 77.5 Å². The van der Waals surface area contributed by atoms with Gasteiger partial charge in [0.05, 0.1) is 16.4 Å². The molecule has 0 radical (unpaired) electrons. The highest BCUT2D eigenvalue weighted by atomic mass is 16.3. The van der Waals surface area contributed by atoms with Crippen LogP contribution in [-0.2, 0) is 0 Å². The average molecular weight is 655 g/mol. The molecule has 0 atom stereocenters. The molecule has 3 aromatic heterocycles. The van der Waals surface area contributed by atoms with Gasteiger partial charge in [0, 0.05) is 51.2 Å². The zero-order valence-electron chi connectivity index (χ0n) is 27.5. The molecule has 10 rings (SSSR count). The molecule has 5 nitrogen and oxygen atoms in total. The highest BCUT2D eigenvalue weighted by Crippen LogP contribution is 2.43. The fraction of sp³-hybridized carbons (Fsp3) is 0. The van der Waals surface area contributed by atoms with Crippen LogP contribution in [0.25, 0.3) is 71.7 Å². The first-order valence-corrected chi connectivity index (χ1v) is 17.1. The molecule has 0 saturated heterocycles. The average Bonchev–Trinajstić information content (AvgIpc) is 3.75. The van der Waals surface area contributed by atoms with Gasteiger partial charge < -0.3 is 8.98 Å². The Kier molecular flexibility index (Phi) is 6.74. The molecule has 0 unspecified atom stereocenters. The van der Waals surface area contributed by atoms with Gasteiger partial charge in [-0.25, -0.2) is 9.97 Å². The molecule has 3 heterocycles. The molecule has 0 saturated carbocycles. The van der Waals surface area contributed by atoms with Crippen LogP contribution in [0.5, 0.6) is 0 Å². The van der Waals surface area contributed by atoms with E-state index in [1.54, 1.807) is 0 Å². The van der Waals surface area contributed by atoms with Gasteiger partial charge in [0.2, 0.25) is 5.95 Å². The van der Waals surface area contributed by atoms with E-state index in [9.17, 15) is 0 Å². The third-order valence-electron chi connectivity index (χ3n) is 9.70. The Morgan fingerprint density at radius 2 is 1.06 bits per heavy atom. The molecule has 0 bridgehead atoms. The van der Waals surface area contributed by atoms with Crippen LogP contribution in [-0.4, -0.2) is 14.5 Å². The summed E-state index contributed by atoms with van der Waals surface area (Å²) in [7, 11) is 0. The van der Waals surface area contributed by atoms with Crippen LogP contribution in [0, 0.1) is 0 Å². The highest BCUT2D eigenvalue weighted by molar-refractivity contribution is 6.24. The van der Waals surface area contributed by atoms with Crippen molar-refractivity contribution in [3.63, 3.8) is 0 Å². The van der Waals surface area contributed by atoms with Crippen molar-refractivity contribution in [2.24, 2.45) is 0 Å². The number of rotatable bonds is 6. The molecule has 0 N–H and O–H groups in total. The Hall–Kier alpha value is -6.98. The van der Waals surface area contributed by atoms with E-state index in [1.165, 1.54) is 5.56 Å². The maximum Gasteiger partial charge on any atom is 0.234 e. The molecule has 5 heteroatoms. The summed E-state index contributed by atoms with van der Waals surface area (Å²) in [5, 5.41) is 4.49. The van der Waals surface area contributed by atoms with Gasteiger partial charge in [-0.3, -0.25) is 4.90 Å². The van der Waals surface area contributed by atoms with Crippen molar-refractivity contribution < 1.29 is 4.42 Å². The summed E-state index contributed by atoms with van der Waals surface area (Å²) in [6.07, 6.45) is 3.81.